The molecule has 0 aliphatic carbocycles. The molecule has 1 amide bonds. The van der Waals surface area contributed by atoms with Crippen molar-refractivity contribution in [2.24, 2.45) is 4.99 Å². The van der Waals surface area contributed by atoms with Crippen LogP contribution in [0, 0.1) is 6.92 Å². The second kappa shape index (κ2) is 9.51. The molecule has 1 aliphatic rings. The molecule has 1 aliphatic heterocycles. The van der Waals surface area contributed by atoms with Crippen LogP contribution < -0.4 is 0 Å². The van der Waals surface area contributed by atoms with Crippen LogP contribution in [0.15, 0.2) is 52.5 Å². The Bertz CT molecular complexity index is 1230. The molecule has 166 valence electrons. The third-order valence-corrected chi connectivity index (χ3v) is 7.16. The summed E-state index contributed by atoms with van der Waals surface area (Å²) in [7, 11) is 0. The zero-order chi connectivity index (χ0) is 22.8. The van der Waals surface area contributed by atoms with Crippen LogP contribution in [0.5, 0.6) is 0 Å². The van der Waals surface area contributed by atoms with Gasteiger partial charge in [0.25, 0.3) is 5.91 Å². The Hall–Kier alpha value is -2.57. The number of aromatic nitrogens is 2. The highest BCUT2D eigenvalue weighted by Gasteiger charge is 2.27. The van der Waals surface area contributed by atoms with Gasteiger partial charge in [0.1, 0.15) is 0 Å². The third-order valence-electron chi connectivity index (χ3n) is 5.91. The lowest BCUT2D eigenvalue weighted by Crippen LogP contribution is -2.35. The number of amides is 1. The van der Waals surface area contributed by atoms with Gasteiger partial charge in [-0.05, 0) is 86.0 Å². The molecule has 5 nitrogen and oxygen atoms in total. The summed E-state index contributed by atoms with van der Waals surface area (Å²) in [5.74, 6) is -0.166. The lowest BCUT2D eigenvalue weighted by atomic mass is 10.1. The zero-order valence-corrected chi connectivity index (χ0v) is 20.4. The number of amidine groups is 1. The Morgan fingerprint density at radius 3 is 2.75 bits per heavy atom. The first-order chi connectivity index (χ1) is 15.4. The van der Waals surface area contributed by atoms with Crippen molar-refractivity contribution in [1.82, 2.24) is 14.7 Å². The van der Waals surface area contributed by atoms with Crippen molar-refractivity contribution in [3.63, 3.8) is 0 Å². The number of halogens is 1. The minimum Gasteiger partial charge on any atom is -0.348 e. The number of nitrogens with zero attached hydrogens (tertiary/aromatic N) is 4. The molecule has 1 atom stereocenters. The molecule has 3 aromatic rings. The quantitative estimate of drug-likeness (QED) is 0.409. The van der Waals surface area contributed by atoms with Crippen LogP contribution in [-0.4, -0.2) is 38.3 Å². The van der Waals surface area contributed by atoms with E-state index < -0.39 is 0 Å². The lowest BCUT2D eigenvalue weighted by molar-refractivity contribution is -0.113. The van der Waals surface area contributed by atoms with E-state index in [-0.39, 0.29) is 5.91 Å². The SMILES string of the molecule is CC[C@@H](C)N(CC)C1=NC(=O)/C(=C/c2ccc3c(cnn3Cc3ccc(Cl)cc3C)c2)S1. The lowest BCUT2D eigenvalue weighted by Gasteiger charge is -2.27. The first-order valence-corrected chi connectivity index (χ1v) is 12.1. The third kappa shape index (κ3) is 4.62. The molecule has 7 heteroatoms. The summed E-state index contributed by atoms with van der Waals surface area (Å²) < 4.78 is 1.99. The van der Waals surface area contributed by atoms with E-state index >= 15 is 0 Å². The van der Waals surface area contributed by atoms with Crippen molar-refractivity contribution in [3.05, 3.63) is 69.2 Å². The number of hydrogen-bond donors (Lipinski definition) is 0. The van der Waals surface area contributed by atoms with Gasteiger partial charge in [0.2, 0.25) is 0 Å². The van der Waals surface area contributed by atoms with Crippen LogP contribution >= 0.6 is 23.4 Å². The fourth-order valence-electron chi connectivity index (χ4n) is 3.85. The van der Waals surface area contributed by atoms with E-state index in [9.17, 15) is 4.79 Å². The molecule has 0 unspecified atom stereocenters. The molecule has 0 N–H and O–H groups in total. The number of hydrogen-bond acceptors (Lipinski definition) is 4. The molecule has 0 radical (unpaired) electrons. The molecule has 0 saturated heterocycles. The Morgan fingerprint density at radius 2 is 2.03 bits per heavy atom. The molecule has 0 bridgehead atoms. The first-order valence-electron chi connectivity index (χ1n) is 10.9. The second-order valence-electron chi connectivity index (χ2n) is 8.04. The van der Waals surface area contributed by atoms with E-state index in [0.717, 1.165) is 45.2 Å². The van der Waals surface area contributed by atoms with Crippen LogP contribution in [0.1, 0.15) is 43.9 Å². The van der Waals surface area contributed by atoms with Crippen molar-refractivity contribution >= 4 is 51.4 Å². The Balaban J connectivity index is 1.55. The number of carbonyl (C=O) groups excluding carboxylic acids is 1. The predicted molar refractivity (Wildman–Crippen MR) is 135 cm³/mol. The fourth-order valence-corrected chi connectivity index (χ4v) is 5.15. The van der Waals surface area contributed by atoms with Gasteiger partial charge in [-0.3, -0.25) is 9.48 Å². The van der Waals surface area contributed by atoms with Gasteiger partial charge in [-0.15, -0.1) is 0 Å². The minimum absolute atomic E-state index is 0.166. The Labute approximate surface area is 198 Å². The van der Waals surface area contributed by atoms with Crippen molar-refractivity contribution < 1.29 is 4.79 Å². The number of rotatable bonds is 6. The minimum atomic E-state index is -0.166. The van der Waals surface area contributed by atoms with E-state index in [1.54, 1.807) is 0 Å². The summed E-state index contributed by atoms with van der Waals surface area (Å²) in [5.41, 5.74) is 4.36. The van der Waals surface area contributed by atoms with Crippen molar-refractivity contribution in [1.29, 1.82) is 0 Å². The Kier molecular flexibility index (Phi) is 6.72. The van der Waals surface area contributed by atoms with Crippen LogP contribution in [0.4, 0.5) is 0 Å². The molecular formula is C25H27ClN4OS. The van der Waals surface area contributed by atoms with Gasteiger partial charge >= 0.3 is 0 Å². The molecule has 2 aromatic carbocycles. The Morgan fingerprint density at radius 1 is 1.22 bits per heavy atom. The molecule has 2 heterocycles. The molecule has 0 saturated carbocycles. The van der Waals surface area contributed by atoms with Crippen LogP contribution in [0.3, 0.4) is 0 Å². The van der Waals surface area contributed by atoms with Crippen molar-refractivity contribution in [3.8, 4) is 0 Å². The molecule has 0 fully saturated rings. The van der Waals surface area contributed by atoms with E-state index in [4.69, 9.17) is 11.6 Å². The maximum absolute atomic E-state index is 12.5. The number of carbonyl (C=O) groups is 1. The molecule has 1 aromatic heterocycles. The summed E-state index contributed by atoms with van der Waals surface area (Å²) in [5, 5.41) is 7.16. The summed E-state index contributed by atoms with van der Waals surface area (Å²) >= 11 is 7.55. The predicted octanol–water partition coefficient (Wildman–Crippen LogP) is 6.14. The summed E-state index contributed by atoms with van der Waals surface area (Å²) in [6, 6.07) is 12.4. The number of aryl methyl sites for hydroxylation is 1. The van der Waals surface area contributed by atoms with E-state index in [0.29, 0.717) is 17.5 Å². The standard InChI is InChI=1S/C25H27ClN4OS/c1-5-17(4)29(6-2)25-28-24(31)23(32-25)13-18-7-10-22-20(12-18)14-27-30(22)15-19-8-9-21(26)11-16(19)3/h7-14,17H,5-6,15H2,1-4H3/b23-13-/t17-/m1/s1. The first kappa shape index (κ1) is 22.6. The fraction of sp³-hybridized carbons (Fsp3) is 0.320. The summed E-state index contributed by atoms with van der Waals surface area (Å²) in [6.07, 6.45) is 4.81. The number of fused-ring (bicyclic) bond motifs is 1. The summed E-state index contributed by atoms with van der Waals surface area (Å²) in [6.45, 7) is 9.98. The molecule has 32 heavy (non-hydrogen) atoms. The second-order valence-corrected chi connectivity index (χ2v) is 9.49. The van der Waals surface area contributed by atoms with Crippen LogP contribution in [0.25, 0.3) is 17.0 Å². The number of thioether (sulfide) groups is 1. The van der Waals surface area contributed by atoms with Gasteiger partial charge in [0.05, 0.1) is 23.2 Å². The van der Waals surface area contributed by atoms with Gasteiger partial charge in [-0.1, -0.05) is 30.7 Å². The highest BCUT2D eigenvalue weighted by Crippen LogP contribution is 2.32. The maximum atomic E-state index is 12.5. The number of benzene rings is 2. The van der Waals surface area contributed by atoms with Crippen molar-refractivity contribution in [2.75, 3.05) is 6.54 Å². The monoisotopic (exact) mass is 466 g/mol. The number of aliphatic imine (C=N–C) groups is 1. The molecule has 0 spiro atoms. The summed E-state index contributed by atoms with van der Waals surface area (Å²) in [4.78, 5) is 19.7. The smallest absolute Gasteiger partial charge is 0.286 e. The average molecular weight is 467 g/mol. The normalized spacial score (nSPS) is 16.1. The van der Waals surface area contributed by atoms with Gasteiger partial charge in [-0.2, -0.15) is 10.1 Å². The largest absolute Gasteiger partial charge is 0.348 e. The van der Waals surface area contributed by atoms with Gasteiger partial charge in [0, 0.05) is 23.0 Å². The highest BCUT2D eigenvalue weighted by molar-refractivity contribution is 8.18. The van der Waals surface area contributed by atoms with E-state index in [1.807, 2.05) is 41.2 Å². The van der Waals surface area contributed by atoms with Gasteiger partial charge in [-0.25, -0.2) is 0 Å². The molecular weight excluding hydrogens is 440 g/mol. The van der Waals surface area contributed by atoms with Gasteiger partial charge < -0.3 is 4.90 Å². The van der Waals surface area contributed by atoms with E-state index in [2.05, 4.69) is 54.8 Å². The topological polar surface area (TPSA) is 50.5 Å². The molecule has 4 rings (SSSR count). The van der Waals surface area contributed by atoms with Crippen LogP contribution in [0.2, 0.25) is 5.02 Å². The van der Waals surface area contributed by atoms with Crippen LogP contribution in [-0.2, 0) is 11.3 Å². The van der Waals surface area contributed by atoms with Gasteiger partial charge in [0.15, 0.2) is 5.17 Å². The maximum Gasteiger partial charge on any atom is 0.286 e. The average Bonchev–Trinajstić information content (AvgIpc) is 3.33. The van der Waals surface area contributed by atoms with E-state index in [1.165, 1.54) is 17.3 Å². The van der Waals surface area contributed by atoms with Crippen molar-refractivity contribution in [2.45, 2.75) is 46.7 Å². The highest BCUT2D eigenvalue weighted by atomic mass is 35.5. The zero-order valence-electron chi connectivity index (χ0n) is 18.8.